The molecule has 142 valence electrons. The van der Waals surface area contributed by atoms with E-state index in [4.69, 9.17) is 9.47 Å². The van der Waals surface area contributed by atoms with E-state index in [9.17, 15) is 4.79 Å². The van der Waals surface area contributed by atoms with Crippen LogP contribution in [0.25, 0.3) is 0 Å². The number of Topliss-reactive ketones (excluding diaryl/α,β-unsaturated/α-hetero) is 1. The van der Waals surface area contributed by atoms with Gasteiger partial charge in [0, 0.05) is 24.8 Å². The van der Waals surface area contributed by atoms with Gasteiger partial charge >= 0.3 is 0 Å². The van der Waals surface area contributed by atoms with Gasteiger partial charge in [-0.25, -0.2) is 9.97 Å². The number of hydrogen-bond donors (Lipinski definition) is 0. The number of thioether (sulfide) groups is 1. The maximum atomic E-state index is 12.5. The van der Waals surface area contributed by atoms with E-state index in [2.05, 4.69) is 21.8 Å². The first kappa shape index (κ1) is 18.1. The molecule has 4 rings (SSSR count). The third kappa shape index (κ3) is 4.35. The Kier molecular flexibility index (Phi) is 5.48. The number of piperidine rings is 1. The summed E-state index contributed by atoms with van der Waals surface area (Å²) >= 11 is 1.37. The van der Waals surface area contributed by atoms with Gasteiger partial charge in [-0.05, 0) is 43.0 Å². The fraction of sp³-hybridized carbons (Fsp3) is 0.450. The SMILES string of the molecule is CC1CCN(c2ccnc(SCC(=O)c3ccc4c(c3)OCCO4)n2)CC1. The van der Waals surface area contributed by atoms with Crippen LogP contribution in [0.15, 0.2) is 35.6 Å². The molecule has 2 aliphatic heterocycles. The number of fused-ring (bicyclic) bond motifs is 1. The van der Waals surface area contributed by atoms with Crippen LogP contribution < -0.4 is 14.4 Å². The van der Waals surface area contributed by atoms with Crippen molar-refractivity contribution in [2.75, 3.05) is 37.0 Å². The fourth-order valence-corrected chi connectivity index (χ4v) is 3.97. The van der Waals surface area contributed by atoms with E-state index >= 15 is 0 Å². The van der Waals surface area contributed by atoms with Crippen molar-refractivity contribution < 1.29 is 14.3 Å². The van der Waals surface area contributed by atoms with Gasteiger partial charge in [0.2, 0.25) is 0 Å². The number of rotatable bonds is 5. The molecule has 0 aliphatic carbocycles. The van der Waals surface area contributed by atoms with Crippen LogP contribution in [-0.2, 0) is 0 Å². The summed E-state index contributed by atoms with van der Waals surface area (Å²) in [5, 5.41) is 0.636. The second kappa shape index (κ2) is 8.17. The molecule has 0 amide bonds. The second-order valence-corrected chi connectivity index (χ2v) is 7.88. The van der Waals surface area contributed by atoms with Crippen LogP contribution in [0.2, 0.25) is 0 Å². The van der Waals surface area contributed by atoms with Crippen molar-refractivity contribution in [1.82, 2.24) is 9.97 Å². The summed E-state index contributed by atoms with van der Waals surface area (Å²) in [5.74, 6) is 3.37. The van der Waals surface area contributed by atoms with E-state index in [0.29, 0.717) is 41.2 Å². The van der Waals surface area contributed by atoms with Crippen LogP contribution in [0.5, 0.6) is 11.5 Å². The molecule has 0 atom stereocenters. The molecule has 0 radical (unpaired) electrons. The lowest BCUT2D eigenvalue weighted by molar-refractivity contribution is 0.102. The summed E-state index contributed by atoms with van der Waals surface area (Å²) in [5.41, 5.74) is 0.618. The van der Waals surface area contributed by atoms with E-state index in [0.717, 1.165) is 24.8 Å². The summed E-state index contributed by atoms with van der Waals surface area (Å²) in [4.78, 5) is 23.8. The molecule has 0 saturated carbocycles. The number of carbonyl (C=O) groups is 1. The number of hydrogen-bond acceptors (Lipinski definition) is 7. The minimum absolute atomic E-state index is 0.0257. The van der Waals surface area contributed by atoms with Gasteiger partial charge < -0.3 is 14.4 Å². The first-order valence-electron chi connectivity index (χ1n) is 9.33. The molecule has 0 unspecified atom stereocenters. The van der Waals surface area contributed by atoms with Crippen molar-refractivity contribution in [1.29, 1.82) is 0 Å². The predicted octanol–water partition coefficient (Wildman–Crippen LogP) is 3.46. The molecular weight excluding hydrogens is 362 g/mol. The number of nitrogens with zero attached hydrogens (tertiary/aromatic N) is 3. The Morgan fingerprint density at radius 3 is 2.78 bits per heavy atom. The number of carbonyl (C=O) groups excluding carboxylic acids is 1. The fourth-order valence-electron chi connectivity index (χ4n) is 3.25. The average molecular weight is 385 g/mol. The Morgan fingerprint density at radius 1 is 1.19 bits per heavy atom. The van der Waals surface area contributed by atoms with Crippen LogP contribution in [0.4, 0.5) is 5.82 Å². The molecule has 0 spiro atoms. The Balaban J connectivity index is 1.38. The quantitative estimate of drug-likeness (QED) is 0.444. The molecule has 27 heavy (non-hydrogen) atoms. The highest BCUT2D eigenvalue weighted by molar-refractivity contribution is 7.99. The monoisotopic (exact) mass is 385 g/mol. The lowest BCUT2D eigenvalue weighted by atomic mass is 9.99. The van der Waals surface area contributed by atoms with Crippen molar-refractivity contribution >= 4 is 23.4 Å². The minimum Gasteiger partial charge on any atom is -0.486 e. The normalized spacial score (nSPS) is 17.0. The van der Waals surface area contributed by atoms with Crippen molar-refractivity contribution in [3.05, 3.63) is 36.0 Å². The number of aromatic nitrogens is 2. The maximum absolute atomic E-state index is 12.5. The smallest absolute Gasteiger partial charge is 0.189 e. The average Bonchev–Trinajstić information content (AvgIpc) is 2.72. The highest BCUT2D eigenvalue weighted by Gasteiger charge is 2.18. The van der Waals surface area contributed by atoms with Gasteiger partial charge in [-0.1, -0.05) is 18.7 Å². The summed E-state index contributed by atoms with van der Waals surface area (Å²) in [6, 6.07) is 7.27. The molecule has 1 fully saturated rings. The Morgan fingerprint density at radius 2 is 1.96 bits per heavy atom. The molecule has 2 aromatic rings. The number of anilines is 1. The highest BCUT2D eigenvalue weighted by Crippen LogP contribution is 2.31. The van der Waals surface area contributed by atoms with E-state index in [1.165, 1.54) is 24.6 Å². The zero-order valence-corrected chi connectivity index (χ0v) is 16.2. The van der Waals surface area contributed by atoms with Gasteiger partial charge in [0.25, 0.3) is 0 Å². The lowest BCUT2D eigenvalue weighted by Crippen LogP contribution is -2.33. The van der Waals surface area contributed by atoms with Crippen molar-refractivity contribution in [2.45, 2.75) is 24.9 Å². The van der Waals surface area contributed by atoms with Gasteiger partial charge in [0.05, 0.1) is 5.75 Å². The first-order valence-corrected chi connectivity index (χ1v) is 10.3. The molecule has 1 saturated heterocycles. The first-order chi connectivity index (χ1) is 13.2. The number of ether oxygens (including phenoxy) is 2. The lowest BCUT2D eigenvalue weighted by Gasteiger charge is -2.31. The molecule has 2 aliphatic rings. The van der Waals surface area contributed by atoms with Gasteiger partial charge in [0.1, 0.15) is 19.0 Å². The van der Waals surface area contributed by atoms with Crippen LogP contribution in [0.3, 0.4) is 0 Å². The molecule has 0 bridgehead atoms. The third-order valence-corrected chi connectivity index (χ3v) is 5.78. The van der Waals surface area contributed by atoms with Gasteiger partial charge in [-0.3, -0.25) is 4.79 Å². The molecule has 1 aromatic heterocycles. The van der Waals surface area contributed by atoms with Gasteiger partial charge in [-0.15, -0.1) is 0 Å². The Hall–Kier alpha value is -2.28. The number of ketones is 1. The van der Waals surface area contributed by atoms with Crippen LogP contribution >= 0.6 is 11.8 Å². The van der Waals surface area contributed by atoms with E-state index < -0.39 is 0 Å². The van der Waals surface area contributed by atoms with Crippen molar-refractivity contribution in [3.63, 3.8) is 0 Å². The van der Waals surface area contributed by atoms with Crippen molar-refractivity contribution in [2.24, 2.45) is 5.92 Å². The Bertz CT molecular complexity index is 822. The summed E-state index contributed by atoms with van der Waals surface area (Å²) in [7, 11) is 0. The molecule has 7 heteroatoms. The number of benzene rings is 1. The largest absolute Gasteiger partial charge is 0.486 e. The van der Waals surface area contributed by atoms with Crippen LogP contribution in [-0.4, -0.2) is 47.8 Å². The second-order valence-electron chi connectivity index (χ2n) is 6.94. The summed E-state index contributed by atoms with van der Waals surface area (Å²) in [6.07, 6.45) is 4.15. The molecule has 1 aromatic carbocycles. The summed E-state index contributed by atoms with van der Waals surface area (Å²) < 4.78 is 11.1. The summed E-state index contributed by atoms with van der Waals surface area (Å²) in [6.45, 7) is 5.40. The molecule has 3 heterocycles. The van der Waals surface area contributed by atoms with Gasteiger partial charge in [0.15, 0.2) is 22.4 Å². The standard InChI is InChI=1S/C20H23N3O3S/c1-14-5-8-23(9-6-14)19-4-7-21-20(22-19)27-13-16(24)15-2-3-17-18(12-15)26-11-10-25-17/h2-4,7,12,14H,5-6,8-11,13H2,1H3. The molecule has 0 N–H and O–H groups in total. The van der Waals surface area contributed by atoms with E-state index in [-0.39, 0.29) is 5.78 Å². The van der Waals surface area contributed by atoms with Crippen molar-refractivity contribution in [3.8, 4) is 11.5 Å². The predicted molar refractivity (Wildman–Crippen MR) is 105 cm³/mol. The zero-order chi connectivity index (χ0) is 18.6. The topological polar surface area (TPSA) is 64.6 Å². The van der Waals surface area contributed by atoms with E-state index in [1.807, 2.05) is 6.07 Å². The van der Waals surface area contributed by atoms with Crippen LogP contribution in [0, 0.1) is 5.92 Å². The van der Waals surface area contributed by atoms with E-state index in [1.54, 1.807) is 24.4 Å². The third-order valence-electron chi connectivity index (χ3n) is 4.92. The zero-order valence-electron chi connectivity index (χ0n) is 15.4. The van der Waals surface area contributed by atoms with Crippen LogP contribution in [0.1, 0.15) is 30.1 Å². The minimum atomic E-state index is 0.0257. The highest BCUT2D eigenvalue weighted by atomic mass is 32.2. The maximum Gasteiger partial charge on any atom is 0.189 e. The van der Waals surface area contributed by atoms with Gasteiger partial charge in [-0.2, -0.15) is 0 Å². The Labute approximate surface area is 163 Å². The molecule has 6 nitrogen and oxygen atoms in total. The molecular formula is C20H23N3O3S.